The summed E-state index contributed by atoms with van der Waals surface area (Å²) in [5.74, 6) is 0. The van der Waals surface area contributed by atoms with Crippen molar-refractivity contribution in [2.24, 2.45) is 0 Å². The van der Waals surface area contributed by atoms with Crippen LogP contribution in [-0.4, -0.2) is 35.4 Å². The van der Waals surface area contributed by atoms with Crippen molar-refractivity contribution in [3.63, 3.8) is 0 Å². The molecule has 0 aliphatic rings. The summed E-state index contributed by atoms with van der Waals surface area (Å²) in [6.45, 7) is 3.36. The summed E-state index contributed by atoms with van der Waals surface area (Å²) in [6, 6.07) is 0. The Morgan fingerprint density at radius 2 is 0.810 bits per heavy atom. The molecule has 0 spiro atoms. The van der Waals surface area contributed by atoms with Crippen molar-refractivity contribution in [3.8, 4) is 0 Å². The van der Waals surface area contributed by atoms with E-state index in [1.807, 2.05) is 7.05 Å². The monoisotopic (exact) mass is 348 g/mol. The third kappa shape index (κ3) is 1080. The highest BCUT2D eigenvalue weighted by atomic mass is 19.5. The van der Waals surface area contributed by atoms with Crippen LogP contribution in [0.1, 0.15) is 19.8 Å². The maximum Gasteiger partial charge on any atom is 0.673 e. The fourth-order valence-corrected chi connectivity index (χ4v) is 0.354. The molecule has 134 valence electrons. The minimum Gasteiger partial charge on any atom is -0.418 e. The Balaban J connectivity index is -0.0000000921. The maximum atomic E-state index is 9.75. The Labute approximate surface area is 113 Å². The summed E-state index contributed by atoms with van der Waals surface area (Å²) in [7, 11) is -16.0. The molecule has 0 aromatic carbocycles. The summed E-state index contributed by atoms with van der Waals surface area (Å²) in [5.41, 5.74) is 0. The van der Waals surface area contributed by atoms with Gasteiger partial charge in [0.25, 0.3) is 0 Å². The molecule has 0 radical (unpaired) electrons. The van der Waals surface area contributed by atoms with Crippen LogP contribution in [0.15, 0.2) is 0 Å². The molecule has 1 N–H and O–H groups in total. The van der Waals surface area contributed by atoms with Gasteiger partial charge >= 0.3 is 21.8 Å². The molecule has 21 heavy (non-hydrogen) atoms. The number of nitrogens with one attached hydrogen (secondary N) is 1. The van der Waals surface area contributed by atoms with Crippen LogP contribution in [0, 0.1) is 0 Å². The van der Waals surface area contributed by atoms with Gasteiger partial charge in [-0.15, -0.1) is 0 Å². The quantitative estimate of drug-likeness (QED) is 0.435. The number of hydrogen-bond donors (Lipinski definition) is 1. The van der Waals surface area contributed by atoms with E-state index in [1.54, 1.807) is 0 Å². The van der Waals surface area contributed by atoms with Gasteiger partial charge in [0.15, 0.2) is 0 Å². The molecule has 0 saturated carbocycles. The number of unbranched alkanes of at least 4 members (excludes halogenated alkanes) is 1. The van der Waals surface area contributed by atoms with Crippen molar-refractivity contribution in [1.29, 1.82) is 0 Å². The largest absolute Gasteiger partial charge is 0.673 e. The van der Waals surface area contributed by atoms with Crippen molar-refractivity contribution < 1.29 is 51.8 Å². The molecule has 0 aromatic rings. The molecule has 0 aliphatic heterocycles. The summed E-state index contributed by atoms with van der Waals surface area (Å²) < 4.78 is 117. The molecule has 0 saturated heterocycles. The zero-order valence-electron chi connectivity index (χ0n) is 10.9. The molecule has 0 bridgehead atoms. The average molecular weight is 348 g/mol. The lowest BCUT2D eigenvalue weighted by Crippen LogP contribution is -2.06. The van der Waals surface area contributed by atoms with Crippen LogP contribution in [0.2, 0.25) is 0 Å². The minimum absolute atomic E-state index is 1.16. The SMILES string of the molecule is CCCCNC.F[B-](F)(F)F.F[B-](F)(F)F.F[B-](F)(F)F. The lowest BCUT2D eigenvalue weighted by atomic mass is 10.3. The van der Waals surface area contributed by atoms with Gasteiger partial charge < -0.3 is 57.1 Å². The third-order valence-electron chi connectivity index (χ3n) is 0.780. The summed E-state index contributed by atoms with van der Waals surface area (Å²) >= 11 is 0. The second kappa shape index (κ2) is 14.3. The molecule has 0 aromatic heterocycles. The second-order valence-corrected chi connectivity index (χ2v) is 2.94. The Kier molecular flexibility index (Phi) is 19.3. The van der Waals surface area contributed by atoms with Gasteiger partial charge in [0, 0.05) is 0 Å². The highest BCUT2D eigenvalue weighted by Crippen LogP contribution is 2.07. The molecular weight excluding hydrogens is 334 g/mol. The predicted molar refractivity (Wildman–Crippen MR) is 59.4 cm³/mol. The smallest absolute Gasteiger partial charge is 0.418 e. The van der Waals surface area contributed by atoms with Crippen molar-refractivity contribution in [2.45, 2.75) is 19.8 Å². The third-order valence-corrected chi connectivity index (χ3v) is 0.780. The molecule has 0 rings (SSSR count). The lowest BCUT2D eigenvalue weighted by Gasteiger charge is -1.94. The number of rotatable bonds is 3. The molecule has 0 aliphatic carbocycles. The standard InChI is InChI=1S/C5H13N.3BF4/c1-3-4-5-6-2;3*2-1(3,4)5/h6H,3-5H2,1-2H3;;;/q;3*-1. The molecule has 0 heterocycles. The van der Waals surface area contributed by atoms with E-state index in [0.29, 0.717) is 0 Å². The molecule has 0 atom stereocenters. The molecule has 0 amide bonds. The van der Waals surface area contributed by atoms with Gasteiger partial charge in [0.1, 0.15) is 0 Å². The zero-order chi connectivity index (χ0) is 18.3. The summed E-state index contributed by atoms with van der Waals surface area (Å²) in [5, 5.41) is 3.07. The molecular formula is C5H13B3F12N-3. The first kappa shape index (κ1) is 28.5. The van der Waals surface area contributed by atoms with E-state index in [9.17, 15) is 51.8 Å². The van der Waals surface area contributed by atoms with Crippen LogP contribution in [0.25, 0.3) is 0 Å². The van der Waals surface area contributed by atoms with Crippen molar-refractivity contribution in [3.05, 3.63) is 0 Å². The van der Waals surface area contributed by atoms with E-state index in [2.05, 4.69) is 12.2 Å². The Hall–Kier alpha value is -0.685. The van der Waals surface area contributed by atoms with Crippen LogP contribution in [0.3, 0.4) is 0 Å². The first-order valence-electron chi connectivity index (χ1n) is 5.18. The lowest BCUT2D eigenvalue weighted by molar-refractivity contribution is 0.366. The van der Waals surface area contributed by atoms with Crippen LogP contribution in [-0.2, 0) is 0 Å². The first-order chi connectivity index (χ1) is 8.91. The van der Waals surface area contributed by atoms with E-state index in [4.69, 9.17) is 0 Å². The van der Waals surface area contributed by atoms with Crippen LogP contribution >= 0.6 is 0 Å². The van der Waals surface area contributed by atoms with Gasteiger partial charge in [-0.25, -0.2) is 0 Å². The van der Waals surface area contributed by atoms with E-state index in [1.165, 1.54) is 12.8 Å². The fourth-order valence-electron chi connectivity index (χ4n) is 0.354. The minimum atomic E-state index is -6.00. The summed E-state index contributed by atoms with van der Waals surface area (Å²) in [6.07, 6.45) is 2.59. The van der Waals surface area contributed by atoms with Crippen LogP contribution < -0.4 is 5.32 Å². The molecule has 0 fully saturated rings. The van der Waals surface area contributed by atoms with E-state index in [0.717, 1.165) is 6.54 Å². The summed E-state index contributed by atoms with van der Waals surface area (Å²) in [4.78, 5) is 0. The van der Waals surface area contributed by atoms with Crippen molar-refractivity contribution in [2.75, 3.05) is 13.6 Å². The topological polar surface area (TPSA) is 12.0 Å². The Morgan fingerprint density at radius 3 is 0.857 bits per heavy atom. The average Bonchev–Trinajstić information content (AvgIpc) is 2.06. The zero-order valence-corrected chi connectivity index (χ0v) is 10.9. The Bertz CT molecular complexity index is 150. The van der Waals surface area contributed by atoms with E-state index >= 15 is 0 Å². The molecule has 1 nitrogen and oxygen atoms in total. The highest BCUT2D eigenvalue weighted by molar-refractivity contribution is 6.50. The normalized spacial score (nSPS) is 11.1. The second-order valence-electron chi connectivity index (χ2n) is 2.94. The van der Waals surface area contributed by atoms with Gasteiger partial charge in [-0.2, -0.15) is 0 Å². The molecule has 16 heteroatoms. The fraction of sp³-hybridized carbons (Fsp3) is 1.00. The number of hydrogen-bond acceptors (Lipinski definition) is 1. The van der Waals surface area contributed by atoms with Gasteiger partial charge in [0.2, 0.25) is 0 Å². The number of halogens is 12. The first-order valence-corrected chi connectivity index (χ1v) is 5.18. The van der Waals surface area contributed by atoms with E-state index in [-0.39, 0.29) is 0 Å². The Morgan fingerprint density at radius 1 is 0.619 bits per heavy atom. The molecule has 0 unspecified atom stereocenters. The van der Waals surface area contributed by atoms with Crippen molar-refractivity contribution >= 4 is 21.8 Å². The van der Waals surface area contributed by atoms with Gasteiger partial charge in [-0.05, 0) is 20.0 Å². The van der Waals surface area contributed by atoms with Gasteiger partial charge in [0.05, 0.1) is 0 Å². The van der Waals surface area contributed by atoms with Crippen LogP contribution in [0.4, 0.5) is 51.8 Å². The maximum absolute atomic E-state index is 9.75. The van der Waals surface area contributed by atoms with E-state index < -0.39 is 21.8 Å². The van der Waals surface area contributed by atoms with Gasteiger partial charge in [-0.3, -0.25) is 0 Å². The van der Waals surface area contributed by atoms with Crippen molar-refractivity contribution in [1.82, 2.24) is 5.32 Å². The highest BCUT2D eigenvalue weighted by Gasteiger charge is 2.21. The predicted octanol–water partition coefficient (Wildman–Crippen LogP) is 4.91. The van der Waals surface area contributed by atoms with Crippen LogP contribution in [0.5, 0.6) is 0 Å². The van der Waals surface area contributed by atoms with Gasteiger partial charge in [-0.1, -0.05) is 13.3 Å².